The second kappa shape index (κ2) is 3.58. The Labute approximate surface area is 95.2 Å². The van der Waals surface area contributed by atoms with Gasteiger partial charge in [0.25, 0.3) is 0 Å². The first-order chi connectivity index (χ1) is 7.80. The third kappa shape index (κ3) is 1.42. The summed E-state index contributed by atoms with van der Waals surface area (Å²) in [6.45, 7) is 2.37. The maximum atomic E-state index is 4.30. The smallest absolute Gasteiger partial charge is 0.116 e. The minimum atomic E-state index is 0.300. The third-order valence-corrected chi connectivity index (χ3v) is 3.95. The van der Waals surface area contributed by atoms with Gasteiger partial charge in [0.15, 0.2) is 0 Å². The highest BCUT2D eigenvalue weighted by atomic mass is 15.3. The van der Waals surface area contributed by atoms with Crippen LogP contribution in [0.2, 0.25) is 0 Å². The average molecular weight is 215 g/mol. The van der Waals surface area contributed by atoms with Gasteiger partial charge in [-0.2, -0.15) is 15.4 Å². The molecule has 3 rings (SSSR count). The van der Waals surface area contributed by atoms with E-state index in [1.165, 1.54) is 37.7 Å². The van der Waals surface area contributed by atoms with Crippen molar-refractivity contribution in [2.75, 3.05) is 0 Å². The van der Waals surface area contributed by atoms with Crippen LogP contribution in [0.4, 0.5) is 0 Å². The molecule has 2 aromatic rings. The Morgan fingerprint density at radius 2 is 1.94 bits per heavy atom. The molecule has 0 amide bonds. The fraction of sp³-hybridized carbons (Fsp3) is 0.538. The molecule has 1 aromatic heterocycles. The number of fused-ring (bicyclic) bond motifs is 1. The Balaban J connectivity index is 2.13. The van der Waals surface area contributed by atoms with Gasteiger partial charge < -0.3 is 0 Å². The van der Waals surface area contributed by atoms with Crippen LogP contribution in [0.1, 0.15) is 44.6 Å². The number of aromatic nitrogens is 3. The molecule has 1 fully saturated rings. The molecule has 1 N–H and O–H groups in total. The normalized spacial score (nSPS) is 20.1. The lowest BCUT2D eigenvalue weighted by Crippen LogP contribution is -2.25. The van der Waals surface area contributed by atoms with E-state index in [1.54, 1.807) is 0 Å². The van der Waals surface area contributed by atoms with Crippen LogP contribution >= 0.6 is 0 Å². The number of aromatic amines is 1. The standard InChI is InChI=1S/C13H17N3/c1-13(8-3-2-4-9-13)10-6-5-7-11-12(10)15-16-14-11/h5-7H,2-4,8-9H2,1H3,(H,14,15,16). The minimum absolute atomic E-state index is 0.300. The van der Waals surface area contributed by atoms with Gasteiger partial charge in [-0.3, -0.25) is 0 Å². The van der Waals surface area contributed by atoms with E-state index in [-0.39, 0.29) is 0 Å². The van der Waals surface area contributed by atoms with Gasteiger partial charge in [-0.05, 0) is 29.9 Å². The summed E-state index contributed by atoms with van der Waals surface area (Å²) in [5.41, 5.74) is 3.73. The van der Waals surface area contributed by atoms with E-state index < -0.39 is 0 Å². The minimum Gasteiger partial charge on any atom is -0.197 e. The number of nitrogens with zero attached hydrogens (tertiary/aromatic N) is 2. The lowest BCUT2D eigenvalue weighted by Gasteiger charge is -2.34. The average Bonchev–Trinajstić information content (AvgIpc) is 2.77. The Morgan fingerprint density at radius 3 is 2.75 bits per heavy atom. The third-order valence-electron chi connectivity index (χ3n) is 3.95. The van der Waals surface area contributed by atoms with Crippen LogP contribution in [-0.2, 0) is 5.41 Å². The van der Waals surface area contributed by atoms with Crippen LogP contribution in [0.25, 0.3) is 11.0 Å². The molecule has 0 radical (unpaired) electrons. The zero-order chi connectivity index (χ0) is 11.0. The van der Waals surface area contributed by atoms with Crippen molar-refractivity contribution in [1.29, 1.82) is 0 Å². The van der Waals surface area contributed by atoms with Crippen molar-refractivity contribution >= 4 is 11.0 Å². The Hall–Kier alpha value is -1.38. The quantitative estimate of drug-likeness (QED) is 0.793. The maximum absolute atomic E-state index is 4.30. The largest absolute Gasteiger partial charge is 0.197 e. The zero-order valence-corrected chi connectivity index (χ0v) is 9.66. The number of nitrogens with one attached hydrogen (secondary N) is 1. The second-order valence-electron chi connectivity index (χ2n) is 5.12. The van der Waals surface area contributed by atoms with Crippen LogP contribution in [0.15, 0.2) is 18.2 Å². The van der Waals surface area contributed by atoms with E-state index >= 15 is 0 Å². The number of rotatable bonds is 1. The Morgan fingerprint density at radius 1 is 1.12 bits per heavy atom. The highest BCUT2D eigenvalue weighted by Crippen LogP contribution is 2.40. The number of benzene rings is 1. The van der Waals surface area contributed by atoms with Crippen molar-refractivity contribution < 1.29 is 0 Å². The van der Waals surface area contributed by atoms with E-state index in [2.05, 4.69) is 34.5 Å². The SMILES string of the molecule is CC1(c2cccc3n[nH]nc23)CCCCC1. The summed E-state index contributed by atoms with van der Waals surface area (Å²) in [4.78, 5) is 0. The van der Waals surface area contributed by atoms with Crippen molar-refractivity contribution in [3.63, 3.8) is 0 Å². The molecule has 1 aliphatic carbocycles. The van der Waals surface area contributed by atoms with E-state index in [1.807, 2.05) is 6.07 Å². The van der Waals surface area contributed by atoms with Gasteiger partial charge in [0, 0.05) is 0 Å². The summed E-state index contributed by atoms with van der Waals surface area (Å²) in [6, 6.07) is 6.34. The lowest BCUT2D eigenvalue weighted by atomic mass is 9.70. The van der Waals surface area contributed by atoms with E-state index in [9.17, 15) is 0 Å². The fourth-order valence-corrected chi connectivity index (χ4v) is 2.96. The predicted octanol–water partition coefficient (Wildman–Crippen LogP) is 3.18. The van der Waals surface area contributed by atoms with Gasteiger partial charge in [-0.15, -0.1) is 0 Å². The molecular formula is C13H17N3. The highest BCUT2D eigenvalue weighted by molar-refractivity contribution is 5.78. The number of H-pyrrole nitrogens is 1. The topological polar surface area (TPSA) is 41.6 Å². The lowest BCUT2D eigenvalue weighted by molar-refractivity contribution is 0.321. The number of para-hydroxylation sites is 1. The van der Waals surface area contributed by atoms with Crippen LogP contribution in [-0.4, -0.2) is 15.4 Å². The van der Waals surface area contributed by atoms with Crippen molar-refractivity contribution in [1.82, 2.24) is 15.4 Å². The molecule has 1 aliphatic rings. The first-order valence-electron chi connectivity index (χ1n) is 6.10. The van der Waals surface area contributed by atoms with E-state index in [0.29, 0.717) is 5.41 Å². The van der Waals surface area contributed by atoms with Crippen LogP contribution in [0.5, 0.6) is 0 Å². The first-order valence-corrected chi connectivity index (χ1v) is 6.10. The molecule has 0 saturated heterocycles. The molecule has 0 aliphatic heterocycles. The molecule has 84 valence electrons. The zero-order valence-electron chi connectivity index (χ0n) is 9.66. The van der Waals surface area contributed by atoms with Gasteiger partial charge in [-0.25, -0.2) is 0 Å². The Bertz CT molecular complexity index is 495. The van der Waals surface area contributed by atoms with E-state index in [0.717, 1.165) is 11.0 Å². The summed E-state index contributed by atoms with van der Waals surface area (Å²) in [7, 11) is 0. The molecule has 0 unspecified atom stereocenters. The highest BCUT2D eigenvalue weighted by Gasteiger charge is 2.30. The van der Waals surface area contributed by atoms with Gasteiger partial charge in [0.1, 0.15) is 11.0 Å². The Kier molecular flexibility index (Phi) is 2.20. The molecule has 1 heterocycles. The summed E-state index contributed by atoms with van der Waals surface area (Å²) >= 11 is 0. The van der Waals surface area contributed by atoms with Crippen molar-refractivity contribution in [3.05, 3.63) is 23.8 Å². The summed E-state index contributed by atoms with van der Waals surface area (Å²) in [5, 5.41) is 11.2. The molecule has 0 atom stereocenters. The number of hydrogen-bond donors (Lipinski definition) is 1. The van der Waals surface area contributed by atoms with Crippen molar-refractivity contribution in [3.8, 4) is 0 Å². The molecule has 3 nitrogen and oxygen atoms in total. The van der Waals surface area contributed by atoms with Gasteiger partial charge >= 0.3 is 0 Å². The van der Waals surface area contributed by atoms with Gasteiger partial charge in [-0.1, -0.05) is 38.3 Å². The molecule has 1 saturated carbocycles. The molecular weight excluding hydrogens is 198 g/mol. The summed E-state index contributed by atoms with van der Waals surface area (Å²) in [6.07, 6.45) is 6.61. The van der Waals surface area contributed by atoms with Crippen LogP contribution < -0.4 is 0 Å². The number of hydrogen-bond acceptors (Lipinski definition) is 2. The molecule has 16 heavy (non-hydrogen) atoms. The van der Waals surface area contributed by atoms with Gasteiger partial charge in [0.05, 0.1) is 0 Å². The molecule has 3 heteroatoms. The second-order valence-corrected chi connectivity index (χ2v) is 5.12. The van der Waals surface area contributed by atoms with Crippen LogP contribution in [0, 0.1) is 0 Å². The van der Waals surface area contributed by atoms with Crippen LogP contribution in [0.3, 0.4) is 0 Å². The predicted molar refractivity (Wildman–Crippen MR) is 64.3 cm³/mol. The van der Waals surface area contributed by atoms with E-state index in [4.69, 9.17) is 0 Å². The summed E-state index contributed by atoms with van der Waals surface area (Å²) < 4.78 is 0. The van der Waals surface area contributed by atoms with Crippen molar-refractivity contribution in [2.45, 2.75) is 44.4 Å². The molecule has 0 spiro atoms. The fourth-order valence-electron chi connectivity index (χ4n) is 2.96. The molecule has 1 aromatic carbocycles. The van der Waals surface area contributed by atoms with Crippen molar-refractivity contribution in [2.24, 2.45) is 0 Å². The monoisotopic (exact) mass is 215 g/mol. The molecule has 0 bridgehead atoms. The first kappa shape index (κ1) is 9.82. The summed E-state index contributed by atoms with van der Waals surface area (Å²) in [5.74, 6) is 0. The maximum Gasteiger partial charge on any atom is 0.116 e. The van der Waals surface area contributed by atoms with Gasteiger partial charge in [0.2, 0.25) is 0 Å².